The van der Waals surface area contributed by atoms with Crippen molar-refractivity contribution in [2.75, 3.05) is 9.80 Å². The summed E-state index contributed by atoms with van der Waals surface area (Å²) in [7, 11) is 0. The lowest BCUT2D eigenvalue weighted by molar-refractivity contribution is 1.28. The molecule has 0 saturated heterocycles. The number of aromatic nitrogens is 1. The van der Waals surface area contributed by atoms with E-state index in [1.54, 1.807) is 0 Å². The van der Waals surface area contributed by atoms with Gasteiger partial charge in [-0.15, -0.1) is 0 Å². The molecular formula is C45H31N3. The number of anilines is 6. The van der Waals surface area contributed by atoms with E-state index in [-0.39, 0.29) is 0 Å². The molecule has 9 aromatic rings. The van der Waals surface area contributed by atoms with Gasteiger partial charge in [-0.25, -0.2) is 0 Å². The molecule has 9 rings (SSSR count). The number of para-hydroxylation sites is 2. The number of nitrogens with zero attached hydrogens (tertiary/aromatic N) is 3. The smallest absolute Gasteiger partial charge is 0.0970 e. The molecule has 226 valence electrons. The highest BCUT2D eigenvalue weighted by Crippen LogP contribution is 2.50. The van der Waals surface area contributed by atoms with Crippen molar-refractivity contribution < 1.29 is 0 Å². The minimum atomic E-state index is 0.935. The van der Waals surface area contributed by atoms with E-state index in [0.29, 0.717) is 0 Å². The first-order valence-corrected chi connectivity index (χ1v) is 16.3. The molecule has 0 N–H and O–H groups in total. The zero-order valence-electron chi connectivity index (χ0n) is 26.2. The summed E-state index contributed by atoms with van der Waals surface area (Å²) in [5, 5.41) is 8.17. The third-order valence-electron chi connectivity index (χ3n) is 9.18. The van der Waals surface area contributed by atoms with Crippen LogP contribution in [0, 0.1) is 0 Å². The van der Waals surface area contributed by atoms with E-state index in [4.69, 9.17) is 4.98 Å². The molecule has 1 aromatic heterocycles. The second-order valence-electron chi connectivity index (χ2n) is 12.0. The Labute approximate surface area is 279 Å². The highest BCUT2D eigenvalue weighted by molar-refractivity contribution is 6.22. The van der Waals surface area contributed by atoms with E-state index in [9.17, 15) is 0 Å². The van der Waals surface area contributed by atoms with E-state index in [1.807, 2.05) is 6.20 Å². The molecule has 0 spiro atoms. The van der Waals surface area contributed by atoms with E-state index in [1.165, 1.54) is 21.5 Å². The summed E-state index contributed by atoms with van der Waals surface area (Å²) in [6.07, 6.45) is 1.91. The van der Waals surface area contributed by atoms with Crippen LogP contribution in [0.3, 0.4) is 0 Å². The maximum Gasteiger partial charge on any atom is 0.0970 e. The van der Waals surface area contributed by atoms with Crippen molar-refractivity contribution in [3.8, 4) is 0 Å². The van der Waals surface area contributed by atoms with Crippen LogP contribution in [0.2, 0.25) is 0 Å². The quantitative estimate of drug-likeness (QED) is 0.137. The number of benzene rings is 8. The summed E-state index contributed by atoms with van der Waals surface area (Å²) in [4.78, 5) is 9.94. The van der Waals surface area contributed by atoms with Gasteiger partial charge in [0.15, 0.2) is 0 Å². The van der Waals surface area contributed by atoms with Crippen LogP contribution >= 0.6 is 0 Å². The van der Waals surface area contributed by atoms with Gasteiger partial charge in [-0.1, -0.05) is 121 Å². The average molecular weight is 614 g/mol. The summed E-state index contributed by atoms with van der Waals surface area (Å²) in [5.74, 6) is 0. The minimum absolute atomic E-state index is 0.935. The monoisotopic (exact) mass is 613 g/mol. The summed E-state index contributed by atoms with van der Waals surface area (Å²) in [6.45, 7) is 0. The first-order valence-electron chi connectivity index (χ1n) is 16.3. The van der Waals surface area contributed by atoms with Gasteiger partial charge in [0.2, 0.25) is 0 Å². The van der Waals surface area contributed by atoms with Gasteiger partial charge in [0, 0.05) is 45.1 Å². The van der Waals surface area contributed by atoms with Crippen LogP contribution in [0.4, 0.5) is 34.1 Å². The largest absolute Gasteiger partial charge is 0.309 e. The molecular weight excluding hydrogens is 583 g/mol. The van der Waals surface area contributed by atoms with Gasteiger partial charge in [-0.3, -0.25) is 4.98 Å². The van der Waals surface area contributed by atoms with Gasteiger partial charge in [0.25, 0.3) is 0 Å². The van der Waals surface area contributed by atoms with E-state index < -0.39 is 0 Å². The first kappa shape index (κ1) is 27.8. The topological polar surface area (TPSA) is 19.4 Å². The van der Waals surface area contributed by atoms with Crippen molar-refractivity contribution in [3.63, 3.8) is 0 Å². The molecule has 0 saturated carbocycles. The Morgan fingerprint density at radius 3 is 1.31 bits per heavy atom. The van der Waals surface area contributed by atoms with Crippen molar-refractivity contribution in [1.82, 2.24) is 4.98 Å². The van der Waals surface area contributed by atoms with Gasteiger partial charge in [-0.05, 0) is 82.2 Å². The average Bonchev–Trinajstić information content (AvgIpc) is 3.16. The molecule has 0 aliphatic rings. The van der Waals surface area contributed by atoms with Gasteiger partial charge < -0.3 is 9.80 Å². The molecule has 0 fully saturated rings. The summed E-state index contributed by atoms with van der Waals surface area (Å²) in [5.41, 5.74) is 7.43. The van der Waals surface area contributed by atoms with Gasteiger partial charge in [0.05, 0.1) is 16.9 Å². The fourth-order valence-corrected chi connectivity index (χ4v) is 7.02. The van der Waals surface area contributed by atoms with Crippen LogP contribution in [0.5, 0.6) is 0 Å². The molecule has 0 amide bonds. The molecule has 3 nitrogen and oxygen atoms in total. The lowest BCUT2D eigenvalue weighted by atomic mass is 9.97. The van der Waals surface area contributed by atoms with Gasteiger partial charge >= 0.3 is 0 Å². The van der Waals surface area contributed by atoms with Crippen LogP contribution in [-0.4, -0.2) is 4.98 Å². The standard InChI is InChI=1S/C45H31N3/c1-3-18-36(19-4-1)47(38-27-25-32-14-7-9-16-34(32)30-38)44-40-22-11-12-23-41(40)45(43-42(44)24-13-29-46-43)48(37-20-5-2-6-21-37)39-28-26-33-15-8-10-17-35(33)31-39/h1-31H. The van der Waals surface area contributed by atoms with Crippen molar-refractivity contribution in [2.45, 2.75) is 0 Å². The second-order valence-corrected chi connectivity index (χ2v) is 12.0. The zero-order chi connectivity index (χ0) is 31.9. The van der Waals surface area contributed by atoms with Crippen LogP contribution < -0.4 is 9.80 Å². The van der Waals surface area contributed by atoms with E-state index in [2.05, 4.69) is 192 Å². The maximum absolute atomic E-state index is 5.18. The maximum atomic E-state index is 5.18. The zero-order valence-corrected chi connectivity index (χ0v) is 26.2. The molecule has 8 aromatic carbocycles. The summed E-state index contributed by atoms with van der Waals surface area (Å²) < 4.78 is 0. The molecule has 0 unspecified atom stereocenters. The van der Waals surface area contributed by atoms with Gasteiger partial charge in [-0.2, -0.15) is 0 Å². The lowest BCUT2D eigenvalue weighted by Gasteiger charge is -2.32. The molecule has 0 atom stereocenters. The van der Waals surface area contributed by atoms with Crippen molar-refractivity contribution >= 4 is 77.3 Å². The molecule has 0 aliphatic heterocycles. The normalized spacial score (nSPS) is 11.3. The summed E-state index contributed by atoms with van der Waals surface area (Å²) >= 11 is 0. The predicted molar refractivity (Wildman–Crippen MR) is 204 cm³/mol. The number of pyridine rings is 1. The Balaban J connectivity index is 1.39. The number of hydrogen-bond donors (Lipinski definition) is 0. The first-order chi connectivity index (χ1) is 23.8. The lowest BCUT2D eigenvalue weighted by Crippen LogP contribution is -2.15. The second kappa shape index (κ2) is 11.7. The molecule has 0 bridgehead atoms. The fraction of sp³-hybridized carbons (Fsp3) is 0. The van der Waals surface area contributed by atoms with Crippen LogP contribution in [-0.2, 0) is 0 Å². The SMILES string of the molecule is c1ccc(N(c2ccc3ccccc3c2)c2c3ccccc3c(N(c3ccccc3)c3ccc4ccccc4c3)c3ncccc23)cc1. The number of fused-ring (bicyclic) bond motifs is 4. The molecule has 0 radical (unpaired) electrons. The Morgan fingerprint density at radius 1 is 0.312 bits per heavy atom. The Hall–Kier alpha value is -6.45. The third kappa shape index (κ3) is 4.72. The molecule has 3 heteroatoms. The van der Waals surface area contributed by atoms with Gasteiger partial charge in [0.1, 0.15) is 0 Å². The van der Waals surface area contributed by atoms with Crippen molar-refractivity contribution in [1.29, 1.82) is 0 Å². The minimum Gasteiger partial charge on any atom is -0.309 e. The summed E-state index contributed by atoms with van der Waals surface area (Å²) in [6, 6.07) is 64.9. The van der Waals surface area contributed by atoms with Crippen LogP contribution in [0.1, 0.15) is 0 Å². The number of hydrogen-bond acceptors (Lipinski definition) is 3. The third-order valence-corrected chi connectivity index (χ3v) is 9.18. The predicted octanol–water partition coefficient (Wildman–Crippen LogP) is 12.6. The molecule has 1 heterocycles. The highest BCUT2D eigenvalue weighted by atomic mass is 15.2. The highest BCUT2D eigenvalue weighted by Gasteiger charge is 2.26. The van der Waals surface area contributed by atoms with Crippen LogP contribution in [0.25, 0.3) is 43.2 Å². The van der Waals surface area contributed by atoms with E-state index >= 15 is 0 Å². The van der Waals surface area contributed by atoms with Crippen molar-refractivity contribution in [3.05, 3.63) is 188 Å². The Morgan fingerprint density at radius 2 is 0.750 bits per heavy atom. The number of rotatable bonds is 6. The Bertz CT molecular complexity index is 2340. The molecule has 0 aliphatic carbocycles. The fourth-order valence-electron chi connectivity index (χ4n) is 7.02. The Kier molecular flexibility index (Phi) is 6.80. The molecule has 48 heavy (non-hydrogen) atoms. The van der Waals surface area contributed by atoms with Crippen molar-refractivity contribution in [2.24, 2.45) is 0 Å². The van der Waals surface area contributed by atoms with Crippen LogP contribution in [0.15, 0.2) is 188 Å². The van der Waals surface area contributed by atoms with E-state index in [0.717, 1.165) is 55.8 Å².